The van der Waals surface area contributed by atoms with Crippen molar-refractivity contribution in [2.45, 2.75) is 12.7 Å². The second-order valence-corrected chi connectivity index (χ2v) is 3.93. The molecule has 8 heteroatoms. The van der Waals surface area contributed by atoms with Gasteiger partial charge in [-0.25, -0.2) is 9.78 Å². The lowest BCUT2D eigenvalue weighted by molar-refractivity contribution is -0.160. The van der Waals surface area contributed by atoms with Crippen LogP contribution >= 0.6 is 0 Å². The summed E-state index contributed by atoms with van der Waals surface area (Å²) in [5.41, 5.74) is 0.677. The molecule has 1 aromatic heterocycles. The van der Waals surface area contributed by atoms with E-state index in [1.54, 1.807) is 37.3 Å². The standard InChI is InChI=1S/C11H14F3N3O2/c1-17(2)9-8(4-3-5-15-9)6-16-10(18)19-7-11(12,13)14/h3-5H,6-7H2,1-2H3,(H,16,18). The van der Waals surface area contributed by atoms with E-state index in [1.165, 1.54) is 0 Å². The number of amides is 1. The Balaban J connectivity index is 2.51. The van der Waals surface area contributed by atoms with Crippen LogP contribution in [-0.4, -0.2) is 38.0 Å². The Bertz CT molecular complexity index is 435. The summed E-state index contributed by atoms with van der Waals surface area (Å²) in [6.07, 6.45) is -4.06. The van der Waals surface area contributed by atoms with Crippen molar-refractivity contribution in [3.05, 3.63) is 23.9 Å². The summed E-state index contributed by atoms with van der Waals surface area (Å²) < 4.78 is 39.5. The van der Waals surface area contributed by atoms with E-state index >= 15 is 0 Å². The Kier molecular flexibility index (Phi) is 4.96. The first-order valence-corrected chi connectivity index (χ1v) is 5.38. The number of alkyl halides is 3. The molecular weight excluding hydrogens is 263 g/mol. The number of hydrogen-bond donors (Lipinski definition) is 1. The van der Waals surface area contributed by atoms with E-state index in [4.69, 9.17) is 0 Å². The fourth-order valence-electron chi connectivity index (χ4n) is 1.34. The molecule has 0 atom stereocenters. The molecule has 0 aromatic carbocycles. The second kappa shape index (κ2) is 6.26. The van der Waals surface area contributed by atoms with E-state index in [2.05, 4.69) is 15.0 Å². The molecule has 1 N–H and O–H groups in total. The van der Waals surface area contributed by atoms with Crippen LogP contribution < -0.4 is 10.2 Å². The van der Waals surface area contributed by atoms with Gasteiger partial charge in [0.05, 0.1) is 0 Å². The summed E-state index contributed by atoms with van der Waals surface area (Å²) in [6.45, 7) is -1.57. The summed E-state index contributed by atoms with van der Waals surface area (Å²) >= 11 is 0. The van der Waals surface area contributed by atoms with Crippen molar-refractivity contribution in [2.75, 3.05) is 25.6 Å². The third-order valence-corrected chi connectivity index (χ3v) is 2.08. The molecule has 1 amide bonds. The number of hydrogen-bond acceptors (Lipinski definition) is 4. The summed E-state index contributed by atoms with van der Waals surface area (Å²) in [5, 5.41) is 2.24. The first kappa shape index (κ1) is 15.1. The van der Waals surface area contributed by atoms with Crippen LogP contribution in [0.15, 0.2) is 18.3 Å². The Hall–Kier alpha value is -1.99. The molecule has 1 aromatic rings. The molecule has 0 unspecified atom stereocenters. The number of aromatic nitrogens is 1. The number of alkyl carbamates (subject to hydrolysis) is 1. The van der Waals surface area contributed by atoms with Crippen LogP contribution in [-0.2, 0) is 11.3 Å². The van der Waals surface area contributed by atoms with E-state index in [0.717, 1.165) is 0 Å². The summed E-state index contributed by atoms with van der Waals surface area (Å²) in [4.78, 5) is 16.9. The van der Waals surface area contributed by atoms with Crippen LogP contribution in [0.5, 0.6) is 0 Å². The van der Waals surface area contributed by atoms with Gasteiger partial charge in [0, 0.05) is 32.4 Å². The molecule has 0 aliphatic rings. The van der Waals surface area contributed by atoms with Crippen LogP contribution in [0.3, 0.4) is 0 Å². The topological polar surface area (TPSA) is 54.5 Å². The maximum atomic E-state index is 11.8. The average Bonchev–Trinajstić information content (AvgIpc) is 2.33. The highest BCUT2D eigenvalue weighted by atomic mass is 19.4. The zero-order chi connectivity index (χ0) is 14.5. The summed E-state index contributed by atoms with van der Waals surface area (Å²) in [6, 6.07) is 3.39. The van der Waals surface area contributed by atoms with Crippen molar-refractivity contribution in [1.82, 2.24) is 10.3 Å². The van der Waals surface area contributed by atoms with Gasteiger partial charge in [-0.3, -0.25) is 0 Å². The van der Waals surface area contributed by atoms with Crippen molar-refractivity contribution in [1.29, 1.82) is 0 Å². The van der Waals surface area contributed by atoms with Gasteiger partial charge in [0.2, 0.25) is 0 Å². The molecule has 1 rings (SSSR count). The SMILES string of the molecule is CN(C)c1ncccc1CNC(=O)OCC(F)(F)F. The normalized spacial score (nSPS) is 11.0. The van der Waals surface area contributed by atoms with Gasteiger partial charge in [-0.15, -0.1) is 0 Å². The third-order valence-electron chi connectivity index (χ3n) is 2.08. The zero-order valence-corrected chi connectivity index (χ0v) is 10.5. The molecule has 106 valence electrons. The number of ether oxygens (including phenoxy) is 1. The summed E-state index contributed by atoms with van der Waals surface area (Å²) in [5.74, 6) is 0.624. The van der Waals surface area contributed by atoms with Crippen LogP contribution in [0.25, 0.3) is 0 Å². The lowest BCUT2D eigenvalue weighted by Crippen LogP contribution is -2.29. The van der Waals surface area contributed by atoms with E-state index in [1.807, 2.05) is 0 Å². The molecule has 0 aliphatic carbocycles. The van der Waals surface area contributed by atoms with Crippen LogP contribution in [0, 0.1) is 0 Å². The Morgan fingerprint density at radius 1 is 1.47 bits per heavy atom. The van der Waals surface area contributed by atoms with Gasteiger partial charge in [-0.1, -0.05) is 6.07 Å². The number of rotatable bonds is 4. The van der Waals surface area contributed by atoms with Gasteiger partial charge in [-0.2, -0.15) is 13.2 Å². The van der Waals surface area contributed by atoms with Gasteiger partial charge in [0.25, 0.3) is 0 Å². The van der Waals surface area contributed by atoms with E-state index < -0.39 is 18.9 Å². The minimum atomic E-state index is -4.53. The van der Waals surface area contributed by atoms with Gasteiger partial charge in [-0.05, 0) is 6.07 Å². The van der Waals surface area contributed by atoms with Gasteiger partial charge < -0.3 is 15.0 Å². The highest BCUT2D eigenvalue weighted by Crippen LogP contribution is 2.15. The Labute approximate surface area is 108 Å². The van der Waals surface area contributed by atoms with Crippen LogP contribution in [0.1, 0.15) is 5.56 Å². The second-order valence-electron chi connectivity index (χ2n) is 3.93. The zero-order valence-electron chi connectivity index (χ0n) is 10.5. The maximum Gasteiger partial charge on any atom is 0.422 e. The number of anilines is 1. The van der Waals surface area contributed by atoms with Crippen molar-refractivity contribution in [3.63, 3.8) is 0 Å². The quantitative estimate of drug-likeness (QED) is 0.913. The molecule has 0 saturated carbocycles. The average molecular weight is 277 g/mol. The molecule has 1 heterocycles. The number of nitrogens with zero attached hydrogens (tertiary/aromatic N) is 2. The smallest absolute Gasteiger partial charge is 0.422 e. The van der Waals surface area contributed by atoms with E-state index in [9.17, 15) is 18.0 Å². The summed E-state index contributed by atoms with van der Waals surface area (Å²) in [7, 11) is 3.54. The lowest BCUT2D eigenvalue weighted by Gasteiger charge is -2.16. The number of halogens is 3. The van der Waals surface area contributed by atoms with Gasteiger partial charge >= 0.3 is 12.3 Å². The van der Waals surface area contributed by atoms with Crippen LogP contribution in [0.2, 0.25) is 0 Å². The van der Waals surface area contributed by atoms with Crippen molar-refractivity contribution >= 4 is 11.9 Å². The maximum absolute atomic E-state index is 11.8. The minimum Gasteiger partial charge on any atom is -0.440 e. The minimum absolute atomic E-state index is 0.0397. The molecule has 5 nitrogen and oxygen atoms in total. The van der Waals surface area contributed by atoms with Gasteiger partial charge in [0.15, 0.2) is 6.61 Å². The molecule has 19 heavy (non-hydrogen) atoms. The highest BCUT2D eigenvalue weighted by molar-refractivity contribution is 5.67. The molecule has 0 fully saturated rings. The first-order valence-electron chi connectivity index (χ1n) is 5.38. The Morgan fingerprint density at radius 2 is 2.16 bits per heavy atom. The molecule has 0 bridgehead atoms. The monoisotopic (exact) mass is 277 g/mol. The molecular formula is C11H14F3N3O2. The van der Waals surface area contributed by atoms with E-state index in [0.29, 0.717) is 11.4 Å². The van der Waals surface area contributed by atoms with Crippen molar-refractivity contribution in [2.24, 2.45) is 0 Å². The largest absolute Gasteiger partial charge is 0.440 e. The lowest BCUT2D eigenvalue weighted by atomic mass is 10.2. The first-order chi connectivity index (χ1) is 8.79. The number of carbonyl (C=O) groups excluding carboxylic acids is 1. The molecule has 0 aliphatic heterocycles. The number of pyridine rings is 1. The van der Waals surface area contributed by atoms with Gasteiger partial charge in [0.1, 0.15) is 5.82 Å². The molecule has 0 spiro atoms. The fourth-order valence-corrected chi connectivity index (χ4v) is 1.34. The third kappa shape index (κ3) is 5.45. The number of nitrogens with one attached hydrogen (secondary N) is 1. The predicted octanol–water partition coefficient (Wildman–Crippen LogP) is 1.94. The fraction of sp³-hybridized carbons (Fsp3) is 0.455. The van der Waals surface area contributed by atoms with E-state index in [-0.39, 0.29) is 6.54 Å². The van der Waals surface area contributed by atoms with Crippen molar-refractivity contribution in [3.8, 4) is 0 Å². The predicted molar refractivity (Wildman–Crippen MR) is 62.8 cm³/mol. The van der Waals surface area contributed by atoms with Crippen molar-refractivity contribution < 1.29 is 22.7 Å². The molecule has 0 radical (unpaired) electrons. The van der Waals surface area contributed by atoms with Crippen LogP contribution in [0.4, 0.5) is 23.8 Å². The number of carbonyl (C=O) groups is 1. The Morgan fingerprint density at radius 3 is 2.74 bits per heavy atom. The highest BCUT2D eigenvalue weighted by Gasteiger charge is 2.29. The molecule has 0 saturated heterocycles.